The molecule has 0 aliphatic rings. The third-order valence-electron chi connectivity index (χ3n) is 2.03. The zero-order chi connectivity index (χ0) is 11.2. The number of hydrogen-bond donors (Lipinski definition) is 0. The second kappa shape index (κ2) is 5.58. The summed E-state index contributed by atoms with van der Waals surface area (Å²) in [6.07, 6.45) is 0. The molecule has 0 fully saturated rings. The Labute approximate surface area is 97.6 Å². The van der Waals surface area contributed by atoms with Crippen molar-refractivity contribution in [1.82, 2.24) is 0 Å². The number of rotatable bonds is 4. The molecule has 2 rings (SSSR count). The van der Waals surface area contributed by atoms with Gasteiger partial charge in [-0.3, -0.25) is 4.18 Å². The maximum atomic E-state index is 11.7. The molecule has 16 heavy (non-hydrogen) atoms. The Morgan fingerprint density at radius 2 is 1.81 bits per heavy atom. The van der Waals surface area contributed by atoms with E-state index in [1.807, 2.05) is 42.5 Å². The fourth-order valence-corrected chi connectivity index (χ4v) is 1.99. The van der Waals surface area contributed by atoms with Gasteiger partial charge in [0.25, 0.3) is 0 Å². The summed E-state index contributed by atoms with van der Waals surface area (Å²) in [5.41, 5.74) is 0.895. The van der Waals surface area contributed by atoms with Crippen LogP contribution in [0.15, 0.2) is 59.5 Å². The molecule has 2 aromatic rings. The molecule has 3 heteroatoms. The Morgan fingerprint density at radius 3 is 2.50 bits per heavy atom. The molecule has 0 bridgehead atoms. The van der Waals surface area contributed by atoms with Crippen molar-refractivity contribution in [2.45, 2.75) is 11.5 Å². The van der Waals surface area contributed by atoms with Gasteiger partial charge >= 0.3 is 0 Å². The second-order valence-electron chi connectivity index (χ2n) is 3.20. The van der Waals surface area contributed by atoms with Crippen molar-refractivity contribution >= 4 is 11.1 Å². The Bertz CT molecular complexity index is 454. The van der Waals surface area contributed by atoms with Crippen LogP contribution >= 0.6 is 0 Å². The van der Waals surface area contributed by atoms with Gasteiger partial charge in [0.1, 0.15) is 0 Å². The molecule has 1 atom stereocenters. The molecule has 2 aromatic carbocycles. The molecular formula is C13H11O2S. The zero-order valence-electron chi connectivity index (χ0n) is 8.63. The standard InChI is InChI=1S/C13H11O2S/c14-16(13-9-5-2-6-10-13)15-11-12-7-3-1-4-8-12/h1-7,9-10H,11H2. The lowest BCUT2D eigenvalue weighted by atomic mass is 10.2. The Hall–Kier alpha value is -1.45. The summed E-state index contributed by atoms with van der Waals surface area (Å²) >= 11 is -1.40. The molecule has 0 saturated heterocycles. The molecule has 0 amide bonds. The third kappa shape index (κ3) is 3.02. The molecule has 1 unspecified atom stereocenters. The fourth-order valence-electron chi connectivity index (χ4n) is 1.24. The highest BCUT2D eigenvalue weighted by Gasteiger charge is 2.03. The minimum Gasteiger partial charge on any atom is -0.282 e. The molecule has 0 aliphatic heterocycles. The van der Waals surface area contributed by atoms with Crippen LogP contribution in [0.25, 0.3) is 0 Å². The first-order valence-electron chi connectivity index (χ1n) is 4.92. The lowest BCUT2D eigenvalue weighted by Gasteiger charge is -2.02. The van der Waals surface area contributed by atoms with Crippen molar-refractivity contribution in [3.05, 3.63) is 66.2 Å². The van der Waals surface area contributed by atoms with E-state index in [2.05, 4.69) is 6.07 Å². The van der Waals surface area contributed by atoms with Crippen LogP contribution in [0.3, 0.4) is 0 Å². The first-order valence-corrected chi connectivity index (χ1v) is 5.99. The van der Waals surface area contributed by atoms with Gasteiger partial charge in [-0.1, -0.05) is 42.5 Å². The van der Waals surface area contributed by atoms with E-state index in [1.165, 1.54) is 0 Å². The molecular weight excluding hydrogens is 220 g/mol. The molecule has 0 N–H and O–H groups in total. The van der Waals surface area contributed by atoms with Crippen LogP contribution in [0.5, 0.6) is 0 Å². The number of hydrogen-bond acceptors (Lipinski definition) is 2. The van der Waals surface area contributed by atoms with Gasteiger partial charge in [0.05, 0.1) is 11.5 Å². The lowest BCUT2D eigenvalue weighted by Crippen LogP contribution is -1.98. The molecule has 0 aromatic heterocycles. The smallest absolute Gasteiger partial charge is 0.189 e. The minimum absolute atomic E-state index is 0.308. The van der Waals surface area contributed by atoms with Crippen molar-refractivity contribution in [1.29, 1.82) is 0 Å². The molecule has 0 heterocycles. The van der Waals surface area contributed by atoms with Crippen LogP contribution in [-0.2, 0) is 21.9 Å². The summed E-state index contributed by atoms with van der Waals surface area (Å²) in [7, 11) is 0. The fraction of sp³-hybridized carbons (Fsp3) is 0.0769. The predicted molar refractivity (Wildman–Crippen MR) is 62.9 cm³/mol. The largest absolute Gasteiger partial charge is 0.282 e. The molecule has 0 spiro atoms. The summed E-state index contributed by atoms with van der Waals surface area (Å²) in [6.45, 7) is 0.308. The van der Waals surface area contributed by atoms with Crippen molar-refractivity contribution in [2.24, 2.45) is 0 Å². The minimum atomic E-state index is -1.40. The van der Waals surface area contributed by atoms with Gasteiger partial charge in [-0.15, -0.1) is 0 Å². The Kier molecular flexibility index (Phi) is 3.86. The van der Waals surface area contributed by atoms with E-state index in [4.69, 9.17) is 4.18 Å². The van der Waals surface area contributed by atoms with Crippen molar-refractivity contribution in [3.63, 3.8) is 0 Å². The predicted octanol–water partition coefficient (Wildman–Crippen LogP) is 2.73. The summed E-state index contributed by atoms with van der Waals surface area (Å²) in [5, 5.41) is 0. The van der Waals surface area contributed by atoms with Gasteiger partial charge in [0.2, 0.25) is 0 Å². The lowest BCUT2D eigenvalue weighted by molar-refractivity contribution is 0.337. The van der Waals surface area contributed by atoms with Gasteiger partial charge in [-0.25, -0.2) is 4.21 Å². The quantitative estimate of drug-likeness (QED) is 0.808. The van der Waals surface area contributed by atoms with Gasteiger partial charge < -0.3 is 0 Å². The van der Waals surface area contributed by atoms with E-state index < -0.39 is 11.1 Å². The van der Waals surface area contributed by atoms with E-state index in [9.17, 15) is 4.21 Å². The third-order valence-corrected chi connectivity index (χ3v) is 3.02. The normalized spacial score (nSPS) is 12.2. The van der Waals surface area contributed by atoms with Crippen LogP contribution < -0.4 is 0 Å². The second-order valence-corrected chi connectivity index (χ2v) is 4.37. The van der Waals surface area contributed by atoms with Crippen molar-refractivity contribution in [3.8, 4) is 0 Å². The zero-order valence-corrected chi connectivity index (χ0v) is 9.44. The van der Waals surface area contributed by atoms with Crippen LogP contribution in [0.4, 0.5) is 0 Å². The first kappa shape index (κ1) is 11.0. The summed E-state index contributed by atoms with van der Waals surface area (Å²) < 4.78 is 16.9. The van der Waals surface area contributed by atoms with Crippen LogP contribution in [-0.4, -0.2) is 4.21 Å². The van der Waals surface area contributed by atoms with E-state index in [0.29, 0.717) is 11.5 Å². The summed E-state index contributed by atoms with van der Waals surface area (Å²) in [5.74, 6) is 0. The van der Waals surface area contributed by atoms with Crippen LogP contribution in [0.2, 0.25) is 0 Å². The van der Waals surface area contributed by atoms with Crippen molar-refractivity contribution < 1.29 is 8.39 Å². The van der Waals surface area contributed by atoms with Gasteiger partial charge in [0, 0.05) is 0 Å². The first-order chi connectivity index (χ1) is 7.86. The van der Waals surface area contributed by atoms with E-state index in [0.717, 1.165) is 5.56 Å². The molecule has 81 valence electrons. The molecule has 0 aliphatic carbocycles. The Morgan fingerprint density at radius 1 is 1.06 bits per heavy atom. The van der Waals surface area contributed by atoms with Gasteiger partial charge in [-0.05, 0) is 23.8 Å². The molecule has 1 radical (unpaired) electrons. The summed E-state index contributed by atoms with van der Waals surface area (Å²) in [6, 6.07) is 19.6. The molecule has 0 saturated carbocycles. The van der Waals surface area contributed by atoms with E-state index in [1.54, 1.807) is 12.1 Å². The monoisotopic (exact) mass is 231 g/mol. The van der Waals surface area contributed by atoms with Gasteiger partial charge in [-0.2, -0.15) is 0 Å². The van der Waals surface area contributed by atoms with Crippen LogP contribution in [0, 0.1) is 6.07 Å². The van der Waals surface area contributed by atoms with E-state index >= 15 is 0 Å². The molecule has 2 nitrogen and oxygen atoms in total. The van der Waals surface area contributed by atoms with Crippen molar-refractivity contribution in [2.75, 3.05) is 0 Å². The van der Waals surface area contributed by atoms with Gasteiger partial charge in [0.15, 0.2) is 11.1 Å². The average molecular weight is 231 g/mol. The highest BCUT2D eigenvalue weighted by Crippen LogP contribution is 2.09. The maximum absolute atomic E-state index is 11.7. The number of benzene rings is 2. The van der Waals surface area contributed by atoms with Crippen LogP contribution in [0.1, 0.15) is 5.56 Å². The topological polar surface area (TPSA) is 26.3 Å². The Balaban J connectivity index is 1.95. The maximum Gasteiger partial charge on any atom is 0.189 e. The van der Waals surface area contributed by atoms with E-state index in [-0.39, 0.29) is 0 Å². The average Bonchev–Trinajstić information content (AvgIpc) is 2.38. The summed E-state index contributed by atoms with van der Waals surface area (Å²) in [4.78, 5) is 0.679. The highest BCUT2D eigenvalue weighted by molar-refractivity contribution is 7.80. The highest BCUT2D eigenvalue weighted by atomic mass is 32.2. The SMILES string of the molecule is O=S(OCc1[c]cccc1)c1ccccc1.